The number of amides is 3. The van der Waals surface area contributed by atoms with Gasteiger partial charge in [0.25, 0.3) is 5.91 Å². The Hall–Kier alpha value is -3.38. The highest BCUT2D eigenvalue weighted by Gasteiger charge is 2.26. The third kappa shape index (κ3) is 14.1. The van der Waals surface area contributed by atoms with Crippen LogP contribution in [0.5, 0.6) is 0 Å². The molecule has 4 N–H and O–H groups in total. The third-order valence-electron chi connectivity index (χ3n) is 6.77. The molecule has 222 valence electrons. The normalized spacial score (nSPS) is 12.8. The predicted octanol–water partition coefficient (Wildman–Crippen LogP) is 3.44. The molecule has 0 heterocycles. The monoisotopic (exact) mass is 557 g/mol. The summed E-state index contributed by atoms with van der Waals surface area (Å²) in [7, 11) is 3.26. The zero-order chi connectivity index (χ0) is 29.9. The zero-order valence-electron chi connectivity index (χ0n) is 24.8. The average Bonchev–Trinajstić information content (AvgIpc) is 2.94. The Labute approximate surface area is 239 Å². The summed E-state index contributed by atoms with van der Waals surface area (Å²) in [6, 6.07) is 11.6. The topological polar surface area (TPSA) is 108 Å². The van der Waals surface area contributed by atoms with Crippen LogP contribution in [0.2, 0.25) is 0 Å². The van der Waals surface area contributed by atoms with Gasteiger partial charge in [-0.25, -0.2) is 4.39 Å². The minimum absolute atomic E-state index is 0.00880. The van der Waals surface area contributed by atoms with Crippen molar-refractivity contribution in [3.63, 3.8) is 0 Å². The van der Waals surface area contributed by atoms with Gasteiger partial charge in [0.05, 0.1) is 5.92 Å². The molecule has 2 atom stereocenters. The summed E-state index contributed by atoms with van der Waals surface area (Å²) < 4.78 is 12.8. The molecule has 0 aliphatic rings. The van der Waals surface area contributed by atoms with Gasteiger partial charge in [0.15, 0.2) is 0 Å². The van der Waals surface area contributed by atoms with Crippen molar-refractivity contribution in [3.8, 4) is 12.0 Å². The number of benzene rings is 1. The molecule has 1 rings (SSSR count). The fourth-order valence-electron chi connectivity index (χ4n) is 4.19. The van der Waals surface area contributed by atoms with E-state index in [-0.39, 0.29) is 18.0 Å². The summed E-state index contributed by atoms with van der Waals surface area (Å²) in [6.45, 7) is 7.06. The first-order chi connectivity index (χ1) is 19.1. The number of alkyl halides is 1. The first kappa shape index (κ1) is 34.6. The molecule has 0 bridgehead atoms. The van der Waals surface area contributed by atoms with Crippen molar-refractivity contribution in [3.05, 3.63) is 47.7 Å². The average molecular weight is 558 g/mol. The van der Waals surface area contributed by atoms with E-state index in [2.05, 4.69) is 43.4 Å². The highest BCUT2D eigenvalue weighted by molar-refractivity contribution is 5.99. The van der Waals surface area contributed by atoms with Crippen LogP contribution in [0.3, 0.4) is 0 Å². The van der Waals surface area contributed by atoms with Crippen LogP contribution in [0.4, 0.5) is 4.39 Å². The summed E-state index contributed by atoms with van der Waals surface area (Å²) in [5.41, 5.74) is 6.21. The third-order valence-corrected chi connectivity index (χ3v) is 6.77. The molecule has 0 spiro atoms. The van der Waals surface area contributed by atoms with Crippen molar-refractivity contribution in [1.82, 2.24) is 20.4 Å². The molecule has 0 aliphatic carbocycles. The molecule has 0 aromatic heterocycles. The molecule has 0 aliphatic heterocycles. The summed E-state index contributed by atoms with van der Waals surface area (Å²) >= 11 is 0. The van der Waals surface area contributed by atoms with Crippen molar-refractivity contribution in [2.75, 3.05) is 40.5 Å². The molecule has 40 heavy (non-hydrogen) atoms. The molecule has 0 saturated carbocycles. The number of halogens is 1. The Morgan fingerprint density at radius 2 is 1.77 bits per heavy atom. The van der Waals surface area contributed by atoms with Crippen LogP contribution in [0.15, 0.2) is 42.1 Å². The molecule has 9 heteroatoms. The van der Waals surface area contributed by atoms with E-state index in [1.807, 2.05) is 30.3 Å². The molecular weight excluding hydrogens is 509 g/mol. The number of carbonyl (C=O) groups is 3. The minimum atomic E-state index is -0.739. The molecule has 0 fully saturated rings. The maximum Gasteiger partial charge on any atom is 0.268 e. The van der Waals surface area contributed by atoms with E-state index in [0.717, 1.165) is 31.2 Å². The second-order valence-electron chi connectivity index (χ2n) is 10.8. The number of nitrogens with two attached hydrogens (primary N) is 1. The standard InChI is InChI=1S/C31H48FN5O3/c1-6-11-26(16-15-24(2)3)22-34-31(40)28(14-10-17-33)35-30(39)27(20-25-12-8-7-9-13-25)21-29(38)37(5)19-18-36(4)23-32/h7-9,12-14,24,26-27H,6,11,15-16,18-23,33H2,1-5H3,(H,34,40)(H,35,39)/b28-14+/t26?,27-/m1/s1. The Bertz CT molecular complexity index is 1000. The van der Waals surface area contributed by atoms with Gasteiger partial charge in [-0.1, -0.05) is 63.9 Å². The van der Waals surface area contributed by atoms with Crippen LogP contribution in [-0.2, 0) is 20.8 Å². The summed E-state index contributed by atoms with van der Waals surface area (Å²) in [4.78, 5) is 42.5. The number of rotatable bonds is 18. The minimum Gasteiger partial charge on any atom is -0.359 e. The van der Waals surface area contributed by atoms with Gasteiger partial charge < -0.3 is 21.3 Å². The molecular formula is C31H48FN5O3. The fraction of sp³-hybridized carbons (Fsp3) is 0.581. The largest absolute Gasteiger partial charge is 0.359 e. The van der Waals surface area contributed by atoms with Crippen molar-refractivity contribution in [2.45, 2.75) is 59.3 Å². The van der Waals surface area contributed by atoms with Crippen LogP contribution in [-0.4, -0.2) is 68.0 Å². The van der Waals surface area contributed by atoms with E-state index in [4.69, 9.17) is 5.73 Å². The second-order valence-corrected chi connectivity index (χ2v) is 10.8. The first-order valence-corrected chi connectivity index (χ1v) is 14.1. The van der Waals surface area contributed by atoms with E-state index in [0.29, 0.717) is 37.9 Å². The molecule has 0 saturated heterocycles. The lowest BCUT2D eigenvalue weighted by Gasteiger charge is -2.23. The van der Waals surface area contributed by atoms with Gasteiger partial charge in [-0.3, -0.25) is 19.3 Å². The maximum atomic E-state index is 13.5. The number of hydrogen-bond donors (Lipinski definition) is 3. The molecule has 1 aromatic rings. The van der Waals surface area contributed by atoms with E-state index >= 15 is 0 Å². The van der Waals surface area contributed by atoms with Gasteiger partial charge in [-0.2, -0.15) is 0 Å². The van der Waals surface area contributed by atoms with Crippen LogP contribution in [0.25, 0.3) is 0 Å². The maximum absolute atomic E-state index is 13.5. The van der Waals surface area contributed by atoms with Crippen molar-refractivity contribution in [2.24, 2.45) is 23.5 Å². The second kappa shape index (κ2) is 19.6. The summed E-state index contributed by atoms with van der Waals surface area (Å²) in [5, 5.41) is 5.65. The Balaban J connectivity index is 3.02. The number of carbonyl (C=O) groups excluding carboxylic acids is 3. The smallest absolute Gasteiger partial charge is 0.268 e. The van der Waals surface area contributed by atoms with Gasteiger partial charge in [-0.15, -0.1) is 0 Å². The molecule has 1 unspecified atom stereocenters. The number of allylic oxidation sites excluding steroid dienone is 1. The van der Waals surface area contributed by atoms with Gasteiger partial charge in [0, 0.05) is 45.2 Å². The van der Waals surface area contributed by atoms with Crippen molar-refractivity contribution in [1.29, 1.82) is 0 Å². The van der Waals surface area contributed by atoms with Crippen LogP contribution < -0.4 is 16.4 Å². The Morgan fingerprint density at radius 1 is 1.07 bits per heavy atom. The van der Waals surface area contributed by atoms with Gasteiger partial charge >= 0.3 is 0 Å². The van der Waals surface area contributed by atoms with E-state index in [1.54, 1.807) is 14.1 Å². The summed E-state index contributed by atoms with van der Waals surface area (Å²) in [5.74, 6) is 1.58. The molecule has 3 amide bonds. The number of nitrogens with zero attached hydrogens (tertiary/aromatic N) is 2. The van der Waals surface area contributed by atoms with Crippen LogP contribution in [0.1, 0.15) is 58.4 Å². The van der Waals surface area contributed by atoms with Crippen LogP contribution in [0, 0.1) is 29.7 Å². The highest BCUT2D eigenvalue weighted by Crippen LogP contribution is 2.17. The van der Waals surface area contributed by atoms with Crippen molar-refractivity contribution < 1.29 is 18.8 Å². The predicted molar refractivity (Wildman–Crippen MR) is 158 cm³/mol. The van der Waals surface area contributed by atoms with Gasteiger partial charge in [0.1, 0.15) is 12.5 Å². The zero-order valence-corrected chi connectivity index (χ0v) is 24.8. The van der Waals surface area contributed by atoms with Crippen LogP contribution >= 0.6 is 0 Å². The molecule has 0 radical (unpaired) electrons. The van der Waals surface area contributed by atoms with Gasteiger partial charge in [0.2, 0.25) is 11.8 Å². The lowest BCUT2D eigenvalue weighted by molar-refractivity contribution is -0.135. The number of hydrogen-bond acceptors (Lipinski definition) is 5. The van der Waals surface area contributed by atoms with E-state index in [1.165, 1.54) is 15.9 Å². The van der Waals surface area contributed by atoms with Crippen molar-refractivity contribution >= 4 is 17.7 Å². The number of nitrogens with one attached hydrogen (secondary N) is 2. The molecule has 1 aromatic carbocycles. The Morgan fingerprint density at radius 3 is 2.38 bits per heavy atom. The highest BCUT2D eigenvalue weighted by atomic mass is 19.1. The quantitative estimate of drug-likeness (QED) is 0.111. The SMILES string of the molecule is CCCC(CCC(C)C)CNC(=O)/C(=C\C#CN)NC(=O)[C@@H](CC(=O)N(C)CCN(C)CF)Cc1ccccc1. The van der Waals surface area contributed by atoms with Gasteiger partial charge in [-0.05, 0) is 49.6 Å². The first-order valence-electron chi connectivity index (χ1n) is 14.1. The number of likely N-dealkylation sites (N-methyl/N-ethyl adjacent to an activating group) is 2. The lowest BCUT2D eigenvalue weighted by Crippen LogP contribution is -2.42. The summed E-state index contributed by atoms with van der Waals surface area (Å²) in [6.07, 6.45) is 5.63. The lowest BCUT2D eigenvalue weighted by atomic mass is 9.94. The fourth-order valence-corrected chi connectivity index (χ4v) is 4.19. The van der Waals surface area contributed by atoms with E-state index < -0.39 is 24.5 Å². The van der Waals surface area contributed by atoms with E-state index in [9.17, 15) is 18.8 Å². The Kier molecular flexibility index (Phi) is 17.0. The molecule has 8 nitrogen and oxygen atoms in total.